The summed E-state index contributed by atoms with van der Waals surface area (Å²) in [6.45, 7) is 5.65. The maximum atomic E-state index is 13.8. The SMILES string of the molecule is C/C=C/COc1cc(C)c(OC(c2cccc(/C=N/OC)c2)C(F)(F)F)c(C)c1. The van der Waals surface area contributed by atoms with E-state index in [0.717, 1.165) is 0 Å². The third-order valence-corrected chi connectivity index (χ3v) is 4.07. The number of rotatable bonds is 8. The summed E-state index contributed by atoms with van der Waals surface area (Å²) in [6, 6.07) is 9.24. The Morgan fingerprint density at radius 1 is 1.10 bits per heavy atom. The molecule has 1 unspecified atom stereocenters. The van der Waals surface area contributed by atoms with E-state index in [9.17, 15) is 13.2 Å². The molecule has 0 radical (unpaired) electrons. The third-order valence-electron chi connectivity index (χ3n) is 4.07. The first-order valence-electron chi connectivity index (χ1n) is 9.01. The van der Waals surface area contributed by atoms with Gasteiger partial charge in [-0.15, -0.1) is 0 Å². The number of aryl methyl sites for hydroxylation is 2. The molecular weight excluding hydrogens is 383 g/mol. The van der Waals surface area contributed by atoms with Gasteiger partial charge in [0.2, 0.25) is 6.10 Å². The second-order valence-electron chi connectivity index (χ2n) is 6.39. The van der Waals surface area contributed by atoms with Crippen LogP contribution in [0.25, 0.3) is 0 Å². The monoisotopic (exact) mass is 407 g/mol. The number of hydrogen-bond donors (Lipinski definition) is 0. The fourth-order valence-electron chi connectivity index (χ4n) is 2.78. The summed E-state index contributed by atoms with van der Waals surface area (Å²) in [7, 11) is 1.36. The molecule has 29 heavy (non-hydrogen) atoms. The highest BCUT2D eigenvalue weighted by atomic mass is 19.4. The number of halogens is 3. The smallest absolute Gasteiger partial charge is 0.429 e. The minimum atomic E-state index is -4.60. The van der Waals surface area contributed by atoms with E-state index in [-0.39, 0.29) is 11.3 Å². The Balaban J connectivity index is 2.35. The fourth-order valence-corrected chi connectivity index (χ4v) is 2.78. The van der Waals surface area contributed by atoms with Gasteiger partial charge >= 0.3 is 6.18 Å². The zero-order chi connectivity index (χ0) is 21.4. The highest BCUT2D eigenvalue weighted by Crippen LogP contribution is 2.40. The van der Waals surface area contributed by atoms with Gasteiger partial charge in [0.05, 0.1) is 6.21 Å². The van der Waals surface area contributed by atoms with Crippen molar-refractivity contribution in [3.8, 4) is 11.5 Å². The minimum absolute atomic E-state index is 0.0234. The number of allylic oxidation sites excluding steroid dienone is 1. The van der Waals surface area contributed by atoms with Crippen molar-refractivity contribution in [2.45, 2.75) is 33.1 Å². The summed E-state index contributed by atoms with van der Waals surface area (Å²) in [5.74, 6) is 0.758. The van der Waals surface area contributed by atoms with Crippen LogP contribution in [0.5, 0.6) is 11.5 Å². The lowest BCUT2D eigenvalue weighted by molar-refractivity contribution is -0.198. The van der Waals surface area contributed by atoms with Crippen LogP contribution in [0.4, 0.5) is 13.2 Å². The summed E-state index contributed by atoms with van der Waals surface area (Å²) in [5.41, 5.74) is 1.58. The third kappa shape index (κ3) is 6.27. The predicted molar refractivity (Wildman–Crippen MR) is 107 cm³/mol. The van der Waals surface area contributed by atoms with Crippen LogP contribution in [0.15, 0.2) is 53.7 Å². The van der Waals surface area contributed by atoms with Crippen molar-refractivity contribution in [1.82, 2.24) is 0 Å². The number of nitrogens with zero attached hydrogens (tertiary/aromatic N) is 1. The molecular formula is C22H24F3NO3. The van der Waals surface area contributed by atoms with Crippen molar-refractivity contribution in [3.05, 3.63) is 70.8 Å². The molecule has 2 rings (SSSR count). The molecule has 2 aromatic rings. The maximum Gasteiger partial charge on any atom is 0.429 e. The van der Waals surface area contributed by atoms with Crippen molar-refractivity contribution < 1.29 is 27.5 Å². The van der Waals surface area contributed by atoms with Gasteiger partial charge in [-0.1, -0.05) is 35.5 Å². The molecule has 0 saturated heterocycles. The average Bonchev–Trinajstić information content (AvgIpc) is 2.65. The van der Waals surface area contributed by atoms with Gasteiger partial charge in [-0.3, -0.25) is 0 Å². The van der Waals surface area contributed by atoms with Crippen LogP contribution in [0.2, 0.25) is 0 Å². The summed E-state index contributed by atoms with van der Waals surface area (Å²) in [4.78, 5) is 4.59. The first-order chi connectivity index (χ1) is 13.8. The molecule has 2 aromatic carbocycles. The largest absolute Gasteiger partial charge is 0.490 e. The standard InChI is InChI=1S/C22H24F3NO3/c1-5-6-10-28-19-11-15(2)20(16(3)12-19)29-21(22(23,24)25)18-9-7-8-17(13-18)14-26-27-4/h5-9,11-14,21H,10H2,1-4H3/b6-5+,26-14+. The molecule has 7 heteroatoms. The van der Waals surface area contributed by atoms with Gasteiger partial charge in [0.1, 0.15) is 25.2 Å². The molecule has 0 aromatic heterocycles. The molecule has 0 fully saturated rings. The Hall–Kier alpha value is -2.96. The van der Waals surface area contributed by atoms with Crippen molar-refractivity contribution in [2.24, 2.45) is 5.16 Å². The summed E-state index contributed by atoms with van der Waals surface area (Å²) in [5, 5.41) is 3.59. The fraction of sp³-hybridized carbons (Fsp3) is 0.318. The van der Waals surface area contributed by atoms with Gasteiger partial charge in [0, 0.05) is 5.56 Å². The Bertz CT molecular complexity index is 853. The second-order valence-corrected chi connectivity index (χ2v) is 6.39. The highest BCUT2D eigenvalue weighted by Gasteiger charge is 2.43. The van der Waals surface area contributed by atoms with Crippen LogP contribution < -0.4 is 9.47 Å². The number of alkyl halides is 3. The Morgan fingerprint density at radius 2 is 1.79 bits per heavy atom. The maximum absolute atomic E-state index is 13.8. The van der Waals surface area contributed by atoms with Gasteiger partial charge < -0.3 is 14.3 Å². The predicted octanol–water partition coefficient (Wildman–Crippen LogP) is 5.92. The molecule has 0 spiro atoms. The molecule has 0 aliphatic carbocycles. The van der Waals surface area contributed by atoms with E-state index >= 15 is 0 Å². The topological polar surface area (TPSA) is 40.0 Å². The molecule has 0 bridgehead atoms. The van der Waals surface area contributed by atoms with E-state index < -0.39 is 12.3 Å². The first-order valence-corrected chi connectivity index (χ1v) is 9.01. The molecule has 1 atom stereocenters. The van der Waals surface area contributed by atoms with E-state index in [1.165, 1.54) is 31.5 Å². The normalized spacial score (nSPS) is 13.1. The van der Waals surface area contributed by atoms with Gasteiger partial charge in [-0.05, 0) is 55.7 Å². The number of oxime groups is 1. The van der Waals surface area contributed by atoms with Crippen molar-refractivity contribution in [2.75, 3.05) is 13.7 Å². The molecule has 0 aliphatic heterocycles. The Morgan fingerprint density at radius 3 is 2.38 bits per heavy atom. The molecule has 0 aliphatic rings. The second kappa shape index (κ2) is 10.0. The van der Waals surface area contributed by atoms with Gasteiger partial charge in [0.25, 0.3) is 0 Å². The van der Waals surface area contributed by atoms with E-state index in [2.05, 4.69) is 9.99 Å². The summed E-state index contributed by atoms with van der Waals surface area (Å²) in [6.07, 6.45) is -1.68. The molecule has 156 valence electrons. The number of benzene rings is 2. The lowest BCUT2D eigenvalue weighted by Crippen LogP contribution is -2.26. The highest BCUT2D eigenvalue weighted by molar-refractivity contribution is 5.79. The molecule has 0 saturated carbocycles. The molecule has 4 nitrogen and oxygen atoms in total. The van der Waals surface area contributed by atoms with Crippen LogP contribution in [0.1, 0.15) is 35.3 Å². The van der Waals surface area contributed by atoms with Crippen molar-refractivity contribution in [3.63, 3.8) is 0 Å². The van der Waals surface area contributed by atoms with E-state index in [1.807, 2.05) is 19.1 Å². The Kier molecular flexibility index (Phi) is 7.70. The first kappa shape index (κ1) is 22.3. The average molecular weight is 407 g/mol. The lowest BCUT2D eigenvalue weighted by atomic mass is 10.0. The van der Waals surface area contributed by atoms with Gasteiger partial charge in [0.15, 0.2) is 0 Å². The Labute approximate surface area is 168 Å². The van der Waals surface area contributed by atoms with Crippen molar-refractivity contribution >= 4 is 6.21 Å². The molecule has 0 N–H and O–H groups in total. The minimum Gasteiger partial charge on any atom is -0.490 e. The van der Waals surface area contributed by atoms with Crippen LogP contribution in [-0.4, -0.2) is 26.1 Å². The van der Waals surface area contributed by atoms with E-state index in [4.69, 9.17) is 9.47 Å². The summed E-state index contributed by atoms with van der Waals surface area (Å²) < 4.78 is 52.5. The quantitative estimate of drug-likeness (QED) is 0.310. The van der Waals surface area contributed by atoms with Crippen LogP contribution in [-0.2, 0) is 4.84 Å². The zero-order valence-electron chi connectivity index (χ0n) is 16.8. The van der Waals surface area contributed by atoms with Crippen LogP contribution >= 0.6 is 0 Å². The number of ether oxygens (including phenoxy) is 2. The van der Waals surface area contributed by atoms with E-state index in [1.54, 1.807) is 32.0 Å². The van der Waals surface area contributed by atoms with Crippen LogP contribution in [0.3, 0.4) is 0 Å². The van der Waals surface area contributed by atoms with E-state index in [0.29, 0.717) is 29.0 Å². The van der Waals surface area contributed by atoms with Crippen LogP contribution in [0, 0.1) is 13.8 Å². The zero-order valence-corrected chi connectivity index (χ0v) is 16.8. The summed E-state index contributed by atoms with van der Waals surface area (Å²) >= 11 is 0. The van der Waals surface area contributed by atoms with Gasteiger partial charge in [-0.2, -0.15) is 13.2 Å². The molecule has 0 amide bonds. The lowest BCUT2D eigenvalue weighted by Gasteiger charge is -2.25. The van der Waals surface area contributed by atoms with Crippen molar-refractivity contribution in [1.29, 1.82) is 0 Å². The van der Waals surface area contributed by atoms with Gasteiger partial charge in [-0.25, -0.2) is 0 Å². The molecule has 0 heterocycles. The number of hydrogen-bond acceptors (Lipinski definition) is 4.